The zero-order valence-electron chi connectivity index (χ0n) is 17.5. The van der Waals surface area contributed by atoms with Gasteiger partial charge in [0.1, 0.15) is 17.9 Å². The number of amidine groups is 1. The van der Waals surface area contributed by atoms with E-state index in [1.54, 1.807) is 22.5 Å². The zero-order valence-corrected chi connectivity index (χ0v) is 19.9. The number of hydrogen-bond acceptors (Lipinski definition) is 9. The van der Waals surface area contributed by atoms with Crippen LogP contribution < -0.4 is 5.32 Å². The summed E-state index contributed by atoms with van der Waals surface area (Å²) in [5.41, 5.74) is 1.21. The van der Waals surface area contributed by atoms with Crippen molar-refractivity contribution >= 4 is 45.0 Å². The molecule has 0 radical (unpaired) electrons. The number of benzene rings is 1. The van der Waals surface area contributed by atoms with Crippen molar-refractivity contribution in [3.05, 3.63) is 61.9 Å². The van der Waals surface area contributed by atoms with E-state index in [0.29, 0.717) is 39.7 Å². The molecular formula is C21H20BrFN4O5S. The van der Waals surface area contributed by atoms with Gasteiger partial charge in [-0.05, 0) is 17.7 Å². The van der Waals surface area contributed by atoms with Gasteiger partial charge in [-0.15, -0.1) is 11.3 Å². The van der Waals surface area contributed by atoms with Crippen LogP contribution in [0.2, 0.25) is 0 Å². The van der Waals surface area contributed by atoms with Crippen molar-refractivity contribution in [3.63, 3.8) is 0 Å². The molecule has 2 aliphatic rings. The molecule has 0 saturated carbocycles. The Morgan fingerprint density at radius 1 is 1.45 bits per heavy atom. The largest absolute Gasteiger partial charge is 0.480 e. The standard InChI is InChI=1S/C21H20BrFN4O5S/c1-31-21(30)16-14(9-27-5-6-32-10-15(27)20(28)29)25-18(19-24-4-7-33-19)26-17(16)12-3-2-11(23)8-13(12)22/h2-4,7-8,15,17H,5-6,9-10H2,1H3,(H,25,26)(H,28,29). The van der Waals surface area contributed by atoms with Crippen molar-refractivity contribution in [2.45, 2.75) is 12.1 Å². The molecule has 2 atom stereocenters. The number of thiazole rings is 1. The Hall–Kier alpha value is -2.67. The first-order valence-corrected chi connectivity index (χ1v) is 11.6. The topological polar surface area (TPSA) is 113 Å². The average Bonchev–Trinajstić information content (AvgIpc) is 3.33. The SMILES string of the molecule is COC(=O)C1=C(CN2CCOCC2C(=O)O)NC(c2nccs2)=NC1c1ccc(F)cc1Br. The van der Waals surface area contributed by atoms with Gasteiger partial charge in [-0.3, -0.25) is 14.7 Å². The first-order valence-electron chi connectivity index (χ1n) is 9.94. The van der Waals surface area contributed by atoms with E-state index in [4.69, 9.17) is 14.5 Å². The number of rotatable bonds is 6. The van der Waals surface area contributed by atoms with Crippen molar-refractivity contribution in [2.75, 3.05) is 33.4 Å². The summed E-state index contributed by atoms with van der Waals surface area (Å²) in [5.74, 6) is -1.66. The highest BCUT2D eigenvalue weighted by atomic mass is 79.9. The van der Waals surface area contributed by atoms with Crippen LogP contribution in [0, 0.1) is 5.82 Å². The Bertz CT molecular complexity index is 1120. The second-order valence-corrected chi connectivity index (χ2v) is 9.04. The fraction of sp³-hybridized carbons (Fsp3) is 0.333. The minimum absolute atomic E-state index is 0.0382. The number of ether oxygens (including phenoxy) is 2. The molecular weight excluding hydrogens is 519 g/mol. The summed E-state index contributed by atoms with van der Waals surface area (Å²) in [6, 6.07) is 2.44. The molecule has 0 spiro atoms. The van der Waals surface area contributed by atoms with E-state index in [0.717, 1.165) is 0 Å². The predicted octanol–water partition coefficient (Wildman–Crippen LogP) is 2.35. The van der Waals surface area contributed by atoms with E-state index in [2.05, 4.69) is 26.2 Å². The minimum atomic E-state index is -1.02. The lowest BCUT2D eigenvalue weighted by Crippen LogP contribution is -2.52. The van der Waals surface area contributed by atoms with E-state index < -0.39 is 29.8 Å². The van der Waals surface area contributed by atoms with Gasteiger partial charge in [0.05, 0.1) is 25.9 Å². The van der Waals surface area contributed by atoms with Gasteiger partial charge in [0.15, 0.2) is 10.8 Å². The number of carboxylic acids is 1. The van der Waals surface area contributed by atoms with Crippen molar-refractivity contribution < 1.29 is 28.6 Å². The number of methoxy groups -OCH3 is 1. The number of hydrogen-bond donors (Lipinski definition) is 2. The van der Waals surface area contributed by atoms with Crippen molar-refractivity contribution in [3.8, 4) is 0 Å². The Balaban J connectivity index is 1.83. The Morgan fingerprint density at radius 3 is 2.94 bits per heavy atom. The maximum atomic E-state index is 13.8. The number of nitrogens with one attached hydrogen (secondary N) is 1. The Morgan fingerprint density at radius 2 is 2.27 bits per heavy atom. The highest BCUT2D eigenvalue weighted by Crippen LogP contribution is 2.37. The zero-order chi connectivity index (χ0) is 23.5. The number of nitrogens with zero attached hydrogens (tertiary/aromatic N) is 3. The van der Waals surface area contributed by atoms with Crippen molar-refractivity contribution in [2.24, 2.45) is 4.99 Å². The maximum absolute atomic E-state index is 13.8. The lowest BCUT2D eigenvalue weighted by molar-refractivity contribution is -0.149. The van der Waals surface area contributed by atoms with E-state index >= 15 is 0 Å². The van der Waals surface area contributed by atoms with Crippen LogP contribution in [0.4, 0.5) is 4.39 Å². The van der Waals surface area contributed by atoms with Gasteiger partial charge in [-0.1, -0.05) is 22.0 Å². The summed E-state index contributed by atoms with van der Waals surface area (Å²) in [6.07, 6.45) is 1.63. The van der Waals surface area contributed by atoms with Crippen LogP contribution in [0.25, 0.3) is 0 Å². The first kappa shape index (κ1) is 23.5. The molecule has 0 bridgehead atoms. The molecule has 3 heterocycles. The number of morpholine rings is 1. The normalized spacial score (nSPS) is 21.4. The second kappa shape index (κ2) is 10.1. The summed E-state index contributed by atoms with van der Waals surface area (Å²) in [6.45, 7) is 0.886. The van der Waals surface area contributed by atoms with E-state index in [-0.39, 0.29) is 18.7 Å². The third-order valence-electron chi connectivity index (χ3n) is 5.31. The van der Waals surface area contributed by atoms with Crippen LogP contribution >= 0.6 is 27.3 Å². The highest BCUT2D eigenvalue weighted by molar-refractivity contribution is 9.10. The molecule has 1 aromatic heterocycles. The minimum Gasteiger partial charge on any atom is -0.480 e. The summed E-state index contributed by atoms with van der Waals surface area (Å²) in [4.78, 5) is 35.4. The molecule has 1 fully saturated rings. The third-order valence-corrected chi connectivity index (χ3v) is 6.78. The first-order chi connectivity index (χ1) is 15.9. The number of aliphatic carboxylic acids is 1. The van der Waals surface area contributed by atoms with E-state index in [1.165, 1.54) is 30.6 Å². The molecule has 2 N–H and O–H groups in total. The molecule has 33 heavy (non-hydrogen) atoms. The van der Waals surface area contributed by atoms with Gasteiger partial charge in [0, 0.05) is 34.8 Å². The number of aromatic nitrogens is 1. The monoisotopic (exact) mass is 538 g/mol. The average molecular weight is 539 g/mol. The molecule has 0 aliphatic carbocycles. The number of carboxylic acid groups (broad SMARTS) is 1. The molecule has 0 amide bonds. The quantitative estimate of drug-likeness (QED) is 0.539. The number of carbonyl (C=O) groups is 2. The summed E-state index contributed by atoms with van der Waals surface area (Å²) in [7, 11) is 1.26. The van der Waals surface area contributed by atoms with Crippen LogP contribution in [0.1, 0.15) is 16.6 Å². The van der Waals surface area contributed by atoms with Gasteiger partial charge < -0.3 is 19.9 Å². The molecule has 9 nitrogen and oxygen atoms in total. The predicted molar refractivity (Wildman–Crippen MR) is 121 cm³/mol. The van der Waals surface area contributed by atoms with E-state index in [9.17, 15) is 19.1 Å². The van der Waals surface area contributed by atoms with Crippen molar-refractivity contribution in [1.29, 1.82) is 0 Å². The maximum Gasteiger partial charge on any atom is 0.338 e. The highest BCUT2D eigenvalue weighted by Gasteiger charge is 2.37. The molecule has 2 unspecified atom stereocenters. The van der Waals surface area contributed by atoms with Crippen LogP contribution in [-0.4, -0.2) is 72.2 Å². The molecule has 2 aliphatic heterocycles. The fourth-order valence-electron chi connectivity index (χ4n) is 3.73. The molecule has 174 valence electrons. The van der Waals surface area contributed by atoms with Crippen LogP contribution in [0.3, 0.4) is 0 Å². The number of aliphatic imine (C=N–C) groups is 1. The molecule has 1 saturated heterocycles. The molecule has 12 heteroatoms. The van der Waals surface area contributed by atoms with Gasteiger partial charge in [0.25, 0.3) is 0 Å². The smallest absolute Gasteiger partial charge is 0.338 e. The van der Waals surface area contributed by atoms with Crippen LogP contribution in [0.15, 0.2) is 50.5 Å². The number of esters is 1. The summed E-state index contributed by atoms with van der Waals surface area (Å²) < 4.78 is 24.6. The molecule has 4 rings (SSSR count). The van der Waals surface area contributed by atoms with Gasteiger partial charge in [-0.25, -0.2) is 14.2 Å². The van der Waals surface area contributed by atoms with Crippen LogP contribution in [-0.2, 0) is 19.1 Å². The fourth-order valence-corrected chi connectivity index (χ4v) is 4.88. The summed E-state index contributed by atoms with van der Waals surface area (Å²) >= 11 is 4.73. The van der Waals surface area contributed by atoms with Crippen molar-refractivity contribution in [1.82, 2.24) is 15.2 Å². The lowest BCUT2D eigenvalue weighted by Gasteiger charge is -2.35. The number of halogens is 2. The number of carbonyl (C=O) groups excluding carboxylic acids is 1. The Kier molecular flexibility index (Phi) is 7.17. The summed E-state index contributed by atoms with van der Waals surface area (Å²) in [5, 5.41) is 15.2. The van der Waals surface area contributed by atoms with Gasteiger partial charge >= 0.3 is 11.9 Å². The van der Waals surface area contributed by atoms with Gasteiger partial charge in [-0.2, -0.15) is 0 Å². The van der Waals surface area contributed by atoms with Gasteiger partial charge in [0.2, 0.25) is 0 Å². The Labute approximate surface area is 201 Å². The lowest BCUT2D eigenvalue weighted by atomic mass is 9.95. The van der Waals surface area contributed by atoms with E-state index in [1.807, 2.05) is 0 Å². The molecule has 2 aromatic rings. The second-order valence-electron chi connectivity index (χ2n) is 7.29. The third kappa shape index (κ3) is 4.98. The van der Waals surface area contributed by atoms with Crippen LogP contribution in [0.5, 0.6) is 0 Å². The molecule has 1 aromatic carbocycles.